The number of rotatable bonds is 5. The van der Waals surface area contributed by atoms with Crippen molar-refractivity contribution in [3.05, 3.63) is 82.0 Å². The molecule has 2 aromatic carbocycles. The predicted molar refractivity (Wildman–Crippen MR) is 202 cm³/mol. The van der Waals surface area contributed by atoms with E-state index in [1.807, 2.05) is 25.1 Å². The van der Waals surface area contributed by atoms with Crippen LogP contribution in [0.5, 0.6) is 11.6 Å². The quantitative estimate of drug-likeness (QED) is 0.287. The Balaban J connectivity index is 1.32. The van der Waals surface area contributed by atoms with Crippen LogP contribution in [0.1, 0.15) is 83.7 Å². The van der Waals surface area contributed by atoms with E-state index in [4.69, 9.17) is 25.8 Å². The lowest BCUT2D eigenvalue weighted by molar-refractivity contribution is 0.0132. The third kappa shape index (κ3) is 6.97. The summed E-state index contributed by atoms with van der Waals surface area (Å²) in [5.74, 6) is 0.153. The number of amides is 2. The Hall–Kier alpha value is -3.87. The molecular formula is C39H48ClN5O6S. The molecule has 2 bridgehead atoms. The van der Waals surface area contributed by atoms with Crippen LogP contribution < -0.4 is 19.1 Å². The minimum atomic E-state index is -3.64. The second kappa shape index (κ2) is 14.9. The summed E-state index contributed by atoms with van der Waals surface area (Å²) in [5, 5.41) is 4.29. The third-order valence-electron chi connectivity index (χ3n) is 11.5. The molecule has 0 radical (unpaired) electrons. The summed E-state index contributed by atoms with van der Waals surface area (Å²) < 4.78 is 41.4. The first-order chi connectivity index (χ1) is 25.1. The summed E-state index contributed by atoms with van der Waals surface area (Å²) in [6, 6.07) is 11.6. The SMILES string of the molecule is CC[C@@H]1CC/C=C\[C@H](OC)[C@@H]2CC[C@H]2CN2C[C@@]3(CCCc4cc(Cl)ccc43)COc3ccc(cc32)C(=O)N=S1(=O)NC(=O)c1cn(C)nc1OC. The average molecular weight is 750 g/mol. The second-order valence-electron chi connectivity index (χ2n) is 14.6. The van der Waals surface area contributed by atoms with E-state index in [0.29, 0.717) is 50.0 Å². The van der Waals surface area contributed by atoms with Crippen LogP contribution in [-0.2, 0) is 33.5 Å². The molecule has 7 rings (SSSR count). The Labute approximate surface area is 311 Å². The van der Waals surface area contributed by atoms with Gasteiger partial charge in [0.05, 0.1) is 30.8 Å². The number of aryl methyl sites for hydroxylation is 2. The number of methoxy groups -OCH3 is 2. The van der Waals surface area contributed by atoms with Gasteiger partial charge in [0.2, 0.25) is 5.88 Å². The summed E-state index contributed by atoms with van der Waals surface area (Å²) >= 11 is 6.46. The van der Waals surface area contributed by atoms with E-state index >= 15 is 0 Å². The topological polar surface area (TPSA) is 124 Å². The van der Waals surface area contributed by atoms with Gasteiger partial charge in [-0.1, -0.05) is 36.7 Å². The maximum atomic E-state index is 14.9. The van der Waals surface area contributed by atoms with Gasteiger partial charge >= 0.3 is 0 Å². The summed E-state index contributed by atoms with van der Waals surface area (Å²) in [7, 11) is 1.20. The zero-order valence-electron chi connectivity index (χ0n) is 30.3. The van der Waals surface area contributed by atoms with Crippen molar-refractivity contribution in [3.63, 3.8) is 0 Å². The normalized spacial score (nSPS) is 29.4. The number of benzene rings is 2. The Morgan fingerprint density at radius 2 is 2.02 bits per heavy atom. The van der Waals surface area contributed by atoms with Gasteiger partial charge in [-0.2, -0.15) is 0 Å². The van der Waals surface area contributed by atoms with Crippen molar-refractivity contribution in [2.24, 2.45) is 23.2 Å². The van der Waals surface area contributed by atoms with Crippen LogP contribution in [0.15, 0.2) is 59.1 Å². The van der Waals surface area contributed by atoms with E-state index in [9.17, 15) is 13.8 Å². The number of halogens is 1. The molecule has 1 saturated carbocycles. The standard InChI is InChI=1S/C39H48ClN5O6S/c1-5-29-10-6-7-11-34(49-3)30-15-12-27(30)21-45-23-39(18-8-9-25-19-28(40)14-16-32(25)39)24-51-35-17-13-26(20-33(35)45)36(46)42-52(29,48)43-37(47)31-22-44(2)41-38(31)50-4/h7,11,13-14,16-17,19-20,22,27,29-30,34H,5-6,8-10,12,15,18,21,23-24H2,1-4H3,(H,42,43,46,47,48)/b11-7-/t27-,29+,30+,34-,39-,52?/m0/s1. The van der Waals surface area contributed by atoms with Gasteiger partial charge in [-0.3, -0.25) is 19.0 Å². The lowest BCUT2D eigenvalue weighted by Gasteiger charge is -2.46. The number of carbonyl (C=O) groups is 2. The maximum Gasteiger partial charge on any atom is 0.286 e. The zero-order valence-corrected chi connectivity index (χ0v) is 31.9. The zero-order chi connectivity index (χ0) is 36.6. The van der Waals surface area contributed by atoms with Gasteiger partial charge in [-0.25, -0.2) is 4.21 Å². The summed E-state index contributed by atoms with van der Waals surface area (Å²) in [6.45, 7) is 3.87. The molecule has 1 fully saturated rings. The predicted octanol–water partition coefficient (Wildman–Crippen LogP) is 6.68. The fourth-order valence-corrected chi connectivity index (χ4v) is 10.8. The van der Waals surface area contributed by atoms with Gasteiger partial charge in [0.25, 0.3) is 11.8 Å². The number of hydrogen-bond donors (Lipinski definition) is 1. The van der Waals surface area contributed by atoms with Crippen LogP contribution in [0, 0.1) is 11.8 Å². The first-order valence-corrected chi connectivity index (χ1v) is 20.2. The monoisotopic (exact) mass is 749 g/mol. The molecule has 2 aliphatic heterocycles. The molecule has 13 heteroatoms. The van der Waals surface area contributed by atoms with Crippen LogP contribution in [-0.4, -0.2) is 71.1 Å². The number of aromatic nitrogens is 2. The van der Waals surface area contributed by atoms with Crippen LogP contribution in [0.25, 0.3) is 0 Å². The van der Waals surface area contributed by atoms with E-state index in [-0.39, 0.29) is 28.5 Å². The molecule has 278 valence electrons. The molecule has 52 heavy (non-hydrogen) atoms. The van der Waals surface area contributed by atoms with Crippen LogP contribution in [0.4, 0.5) is 5.69 Å². The highest BCUT2D eigenvalue weighted by Crippen LogP contribution is 2.47. The maximum absolute atomic E-state index is 14.9. The second-order valence-corrected chi connectivity index (χ2v) is 17.3. The van der Waals surface area contributed by atoms with Gasteiger partial charge in [0, 0.05) is 49.4 Å². The van der Waals surface area contributed by atoms with Crippen LogP contribution in [0.3, 0.4) is 0 Å². The molecular weight excluding hydrogens is 702 g/mol. The number of fused-ring (bicyclic) bond motifs is 4. The molecule has 4 aliphatic rings. The molecule has 3 heterocycles. The lowest BCUT2D eigenvalue weighted by Crippen LogP contribution is -2.49. The highest BCUT2D eigenvalue weighted by molar-refractivity contribution is 7.93. The fraction of sp³-hybridized carbons (Fsp3) is 0.513. The van der Waals surface area contributed by atoms with Crippen molar-refractivity contribution in [2.45, 2.75) is 75.1 Å². The molecule has 11 nitrogen and oxygen atoms in total. The minimum absolute atomic E-state index is 0.0688. The summed E-state index contributed by atoms with van der Waals surface area (Å²) in [4.78, 5) is 30.2. The molecule has 2 amide bonds. The number of carbonyl (C=O) groups excluding carboxylic acids is 2. The number of allylic oxidation sites excluding steroid dienone is 1. The third-order valence-corrected chi connectivity index (χ3v) is 14.1. The molecule has 1 aromatic heterocycles. The van der Waals surface area contributed by atoms with Crippen molar-refractivity contribution in [1.29, 1.82) is 0 Å². The molecule has 6 atom stereocenters. The highest BCUT2D eigenvalue weighted by Gasteiger charge is 2.44. The Kier molecular flexibility index (Phi) is 10.4. The summed E-state index contributed by atoms with van der Waals surface area (Å²) in [5.41, 5.74) is 3.45. The molecule has 3 aromatic rings. The van der Waals surface area contributed by atoms with Crippen molar-refractivity contribution >= 4 is 39.0 Å². The van der Waals surface area contributed by atoms with Gasteiger partial charge < -0.3 is 19.1 Å². The van der Waals surface area contributed by atoms with Crippen LogP contribution >= 0.6 is 11.6 Å². The van der Waals surface area contributed by atoms with Gasteiger partial charge in [-0.15, -0.1) is 9.46 Å². The highest BCUT2D eigenvalue weighted by atomic mass is 35.5. The number of ether oxygens (including phenoxy) is 3. The fourth-order valence-electron chi connectivity index (χ4n) is 8.60. The number of anilines is 1. The molecule has 1 N–H and O–H groups in total. The number of hydrogen-bond acceptors (Lipinski definition) is 8. The van der Waals surface area contributed by atoms with Crippen molar-refractivity contribution < 1.29 is 28.0 Å². The van der Waals surface area contributed by atoms with Gasteiger partial charge in [0.1, 0.15) is 21.2 Å². The Morgan fingerprint density at radius 3 is 2.77 bits per heavy atom. The van der Waals surface area contributed by atoms with E-state index < -0.39 is 27.0 Å². The molecule has 0 saturated heterocycles. The minimum Gasteiger partial charge on any atom is -0.490 e. The van der Waals surface area contributed by atoms with Gasteiger partial charge in [-0.05, 0) is 105 Å². The van der Waals surface area contributed by atoms with Crippen molar-refractivity contribution in [2.75, 3.05) is 38.8 Å². The first kappa shape index (κ1) is 36.5. The number of nitrogens with zero attached hydrogens (tertiary/aromatic N) is 4. The lowest BCUT2D eigenvalue weighted by atomic mass is 9.68. The molecule has 2 aliphatic carbocycles. The van der Waals surface area contributed by atoms with E-state index in [1.54, 1.807) is 20.2 Å². The Morgan fingerprint density at radius 1 is 1.17 bits per heavy atom. The van der Waals surface area contributed by atoms with E-state index in [1.165, 1.54) is 29.1 Å². The summed E-state index contributed by atoms with van der Waals surface area (Å²) in [6.07, 6.45) is 12.2. The first-order valence-electron chi connectivity index (χ1n) is 18.3. The smallest absolute Gasteiger partial charge is 0.286 e. The van der Waals surface area contributed by atoms with Crippen molar-refractivity contribution in [1.82, 2.24) is 14.5 Å². The average Bonchev–Trinajstić information content (AvgIpc) is 3.44. The van der Waals surface area contributed by atoms with Gasteiger partial charge in [0.15, 0.2) is 0 Å². The van der Waals surface area contributed by atoms with E-state index in [2.05, 4.69) is 43.4 Å². The number of nitrogens with one attached hydrogen (secondary N) is 1. The molecule has 1 spiro atoms. The molecule has 1 unspecified atom stereocenters. The Bertz CT molecular complexity index is 2010. The van der Waals surface area contributed by atoms with Crippen molar-refractivity contribution in [3.8, 4) is 11.6 Å². The van der Waals surface area contributed by atoms with E-state index in [0.717, 1.165) is 49.4 Å². The van der Waals surface area contributed by atoms with Crippen LogP contribution in [0.2, 0.25) is 5.02 Å². The largest absolute Gasteiger partial charge is 0.490 e.